The molecular weight excluding hydrogens is 536 g/mol. The largest absolute Gasteiger partial charge is 1.00 e. The van der Waals surface area contributed by atoms with Gasteiger partial charge in [0.25, 0.3) is 0 Å². The predicted molar refractivity (Wildman–Crippen MR) is 141 cm³/mol. The first-order chi connectivity index (χ1) is 16.5. The highest BCUT2D eigenvalue weighted by molar-refractivity contribution is 5.82. The Kier molecular flexibility index (Phi) is 11.8. The van der Waals surface area contributed by atoms with Crippen LogP contribution in [0.5, 0.6) is 0 Å². The third-order valence-electron chi connectivity index (χ3n) is 6.38. The number of carbonyl (C=O) groups is 3. The summed E-state index contributed by atoms with van der Waals surface area (Å²) in [6.07, 6.45) is 2.29. The van der Waals surface area contributed by atoms with Crippen LogP contribution in [0.25, 0.3) is 0 Å². The molecule has 0 radical (unpaired) electrons. The highest BCUT2D eigenvalue weighted by atomic mass is 79.9. The summed E-state index contributed by atoms with van der Waals surface area (Å²) < 4.78 is 11.5. The molecule has 7 nitrogen and oxygen atoms in total. The van der Waals surface area contributed by atoms with Gasteiger partial charge in [0.1, 0.15) is 13.2 Å². The zero-order valence-corrected chi connectivity index (χ0v) is 25.6. The second kappa shape index (κ2) is 13.2. The van der Waals surface area contributed by atoms with E-state index in [1.54, 1.807) is 0 Å². The second-order valence-corrected chi connectivity index (χ2v) is 13.4. The first-order valence-electron chi connectivity index (χ1n) is 13.0. The summed E-state index contributed by atoms with van der Waals surface area (Å²) in [5.74, 6) is -1.04. The highest BCUT2D eigenvalue weighted by Gasteiger charge is 2.45. The zero-order valence-electron chi connectivity index (χ0n) is 24.0. The van der Waals surface area contributed by atoms with Gasteiger partial charge in [-0.25, -0.2) is 0 Å². The van der Waals surface area contributed by atoms with Crippen LogP contribution in [0.2, 0.25) is 0 Å². The number of nitrogens with one attached hydrogen (secondary N) is 1. The molecule has 0 heterocycles. The molecule has 0 unspecified atom stereocenters. The Labute approximate surface area is 234 Å². The number of ether oxygens (including phenoxy) is 2. The first kappa shape index (κ1) is 33.1. The predicted octanol–water partition coefficient (Wildman–Crippen LogP) is 1.63. The Morgan fingerprint density at radius 2 is 1.46 bits per heavy atom. The molecule has 37 heavy (non-hydrogen) atoms. The summed E-state index contributed by atoms with van der Waals surface area (Å²) in [5.41, 5.74) is 0.864. The molecule has 1 atom stereocenters. The summed E-state index contributed by atoms with van der Waals surface area (Å²) in [6.45, 7) is 11.7. The van der Waals surface area contributed by atoms with Gasteiger partial charge in [-0.2, -0.15) is 0 Å². The van der Waals surface area contributed by atoms with Crippen molar-refractivity contribution in [3.05, 3.63) is 35.9 Å². The maximum Gasteiger partial charge on any atom is 0.310 e. The first-order valence-corrected chi connectivity index (χ1v) is 13.0. The van der Waals surface area contributed by atoms with E-state index in [0.717, 1.165) is 24.8 Å². The van der Waals surface area contributed by atoms with Gasteiger partial charge in [-0.05, 0) is 42.6 Å². The monoisotopic (exact) mass is 582 g/mol. The summed E-state index contributed by atoms with van der Waals surface area (Å²) in [4.78, 5) is 37.8. The maximum atomic E-state index is 12.8. The van der Waals surface area contributed by atoms with Crippen LogP contribution in [0.3, 0.4) is 0 Å². The second-order valence-electron chi connectivity index (χ2n) is 13.4. The fraction of sp³-hybridized carbons (Fsp3) is 0.690. The summed E-state index contributed by atoms with van der Waals surface area (Å²) >= 11 is 0. The van der Waals surface area contributed by atoms with Gasteiger partial charge in [-0.1, -0.05) is 58.0 Å². The van der Waals surface area contributed by atoms with Crippen molar-refractivity contribution in [1.82, 2.24) is 5.32 Å². The molecule has 1 aromatic rings. The summed E-state index contributed by atoms with van der Waals surface area (Å²) in [6, 6.07) is 9.45. The van der Waals surface area contributed by atoms with Crippen molar-refractivity contribution >= 4 is 17.8 Å². The normalized spacial score (nSPS) is 18.6. The van der Waals surface area contributed by atoms with Gasteiger partial charge in [0.15, 0.2) is 6.10 Å². The summed E-state index contributed by atoms with van der Waals surface area (Å²) in [7, 11) is 5.91. The van der Waals surface area contributed by atoms with E-state index < -0.39 is 18.0 Å². The van der Waals surface area contributed by atoms with E-state index in [1.807, 2.05) is 51.5 Å². The number of benzene rings is 1. The van der Waals surface area contributed by atoms with Crippen LogP contribution in [0.4, 0.5) is 0 Å². The minimum absolute atomic E-state index is 0. The molecule has 1 amide bonds. The maximum absolute atomic E-state index is 12.8. The number of halogens is 1. The number of likely N-dealkylation sites (N-methyl/N-ethyl adjacent to an activating group) is 1. The molecule has 0 saturated heterocycles. The molecular formula is C29H47BrN2O5. The van der Waals surface area contributed by atoms with Crippen molar-refractivity contribution in [3.63, 3.8) is 0 Å². The topological polar surface area (TPSA) is 81.7 Å². The van der Waals surface area contributed by atoms with Gasteiger partial charge >= 0.3 is 11.9 Å². The highest BCUT2D eigenvalue weighted by Crippen LogP contribution is 2.49. The third-order valence-corrected chi connectivity index (χ3v) is 6.38. The third kappa shape index (κ3) is 12.9. The van der Waals surface area contributed by atoms with E-state index in [-0.39, 0.29) is 65.1 Å². The number of hydrogen-bond donors (Lipinski definition) is 1. The van der Waals surface area contributed by atoms with Crippen molar-refractivity contribution in [2.75, 3.05) is 27.7 Å². The molecule has 2 rings (SSSR count). The number of nitrogens with zero attached hydrogens (tertiary/aromatic N) is 1. The van der Waals surface area contributed by atoms with E-state index in [2.05, 4.69) is 39.9 Å². The van der Waals surface area contributed by atoms with Crippen LogP contribution in [-0.2, 0) is 30.5 Å². The Balaban J connectivity index is 0.00000684. The molecule has 1 aliphatic rings. The molecule has 0 bridgehead atoms. The lowest BCUT2D eigenvalue weighted by Gasteiger charge is -2.51. The van der Waals surface area contributed by atoms with E-state index in [1.165, 1.54) is 0 Å². The standard InChI is InChI=1S/C29H46N2O5.BrH/c1-27(2)19-28(3,4)21-29(5,20-27)30-24(32)14-15-25(33)36-23(17-31(6,7)8)16-26(34)35-18-22-12-10-9-11-13-22;/h9-13,23H,14-21H2,1-8H3;1H/t23-;/m1./s1. The van der Waals surface area contributed by atoms with E-state index in [0.29, 0.717) is 11.0 Å². The average Bonchev–Trinajstić information content (AvgIpc) is 2.67. The summed E-state index contributed by atoms with van der Waals surface area (Å²) in [5, 5.41) is 3.19. The average molecular weight is 584 g/mol. The van der Waals surface area contributed by atoms with Crippen LogP contribution in [0.15, 0.2) is 30.3 Å². The lowest BCUT2D eigenvalue weighted by atomic mass is 9.59. The van der Waals surface area contributed by atoms with Crippen molar-refractivity contribution in [2.45, 2.75) is 91.4 Å². The lowest BCUT2D eigenvalue weighted by Crippen LogP contribution is -3.00. The fourth-order valence-electron chi connectivity index (χ4n) is 6.28. The van der Waals surface area contributed by atoms with Crippen LogP contribution >= 0.6 is 0 Å². The fourth-order valence-corrected chi connectivity index (χ4v) is 6.28. The Morgan fingerprint density at radius 3 is 2.00 bits per heavy atom. The quantitative estimate of drug-likeness (QED) is 0.317. The molecule has 0 spiro atoms. The number of carbonyl (C=O) groups excluding carboxylic acids is 3. The van der Waals surface area contributed by atoms with E-state index >= 15 is 0 Å². The Hall–Kier alpha value is -1.93. The molecule has 1 aliphatic carbocycles. The van der Waals surface area contributed by atoms with Crippen molar-refractivity contribution in [1.29, 1.82) is 0 Å². The van der Waals surface area contributed by atoms with Crippen molar-refractivity contribution < 1.29 is 45.3 Å². The SMILES string of the molecule is CC1(C)CC(C)(C)CC(C)(NC(=O)CCC(=O)O[C@H](CC(=O)OCc2ccccc2)C[N+](C)(C)C)C1.[Br-]. The van der Waals surface area contributed by atoms with Crippen LogP contribution in [0, 0.1) is 10.8 Å². The number of hydrogen-bond acceptors (Lipinski definition) is 5. The molecule has 1 fully saturated rings. The van der Waals surface area contributed by atoms with Gasteiger partial charge in [0, 0.05) is 12.0 Å². The Bertz CT molecular complexity index is 893. The number of amides is 1. The molecule has 8 heteroatoms. The molecule has 0 aromatic heterocycles. The van der Waals surface area contributed by atoms with Gasteiger partial charge in [-0.15, -0.1) is 0 Å². The molecule has 1 saturated carbocycles. The van der Waals surface area contributed by atoms with Crippen molar-refractivity contribution in [2.24, 2.45) is 10.8 Å². The number of quaternary nitrogens is 1. The van der Waals surface area contributed by atoms with Gasteiger partial charge in [0.05, 0.1) is 34.0 Å². The molecule has 210 valence electrons. The molecule has 1 aromatic carbocycles. The van der Waals surface area contributed by atoms with E-state index in [9.17, 15) is 14.4 Å². The van der Waals surface area contributed by atoms with Gasteiger partial charge < -0.3 is 36.3 Å². The van der Waals surface area contributed by atoms with Crippen molar-refractivity contribution in [3.8, 4) is 0 Å². The number of esters is 2. The lowest BCUT2D eigenvalue weighted by molar-refractivity contribution is -0.873. The zero-order chi connectivity index (χ0) is 27.2. The van der Waals surface area contributed by atoms with Gasteiger partial charge in [0.2, 0.25) is 5.91 Å². The van der Waals surface area contributed by atoms with Crippen LogP contribution < -0.4 is 22.3 Å². The Morgan fingerprint density at radius 1 is 0.892 bits per heavy atom. The smallest absolute Gasteiger partial charge is 0.310 e. The number of rotatable bonds is 11. The van der Waals surface area contributed by atoms with E-state index in [4.69, 9.17) is 9.47 Å². The molecule has 1 N–H and O–H groups in total. The van der Waals surface area contributed by atoms with Crippen LogP contribution in [0.1, 0.15) is 78.7 Å². The minimum atomic E-state index is -0.624. The molecule has 0 aliphatic heterocycles. The van der Waals surface area contributed by atoms with Crippen LogP contribution in [-0.4, -0.2) is 61.7 Å². The van der Waals surface area contributed by atoms with Gasteiger partial charge in [-0.3, -0.25) is 14.4 Å². The minimum Gasteiger partial charge on any atom is -1.00 e.